The zero-order chi connectivity index (χ0) is 15.7. The van der Waals surface area contributed by atoms with Gasteiger partial charge in [0.2, 0.25) is 5.88 Å². The molecule has 0 amide bonds. The molecule has 21 heavy (non-hydrogen) atoms. The predicted molar refractivity (Wildman–Crippen MR) is 81.3 cm³/mol. The second-order valence-corrected chi connectivity index (χ2v) is 5.57. The minimum absolute atomic E-state index is 0.0480. The first kappa shape index (κ1) is 16.2. The number of ether oxygens (including phenoxy) is 1. The van der Waals surface area contributed by atoms with Crippen LogP contribution >= 0.6 is 46.4 Å². The van der Waals surface area contributed by atoms with Crippen molar-refractivity contribution >= 4 is 52.4 Å². The number of aliphatic carboxylic acids is 1. The Balaban J connectivity index is 2.51. The highest BCUT2D eigenvalue weighted by Gasteiger charge is 2.21. The summed E-state index contributed by atoms with van der Waals surface area (Å²) in [6.07, 6.45) is 0.198. The van der Waals surface area contributed by atoms with Gasteiger partial charge >= 0.3 is 5.97 Å². The standard InChI is InChI=1S/C12H8Cl4N2O3/c1-5(12(19)20)21-11-7(14)4-17-18(11)8-3-2-6(13)9(15)10(8)16/h2-5H,1H3,(H,19,20). The van der Waals surface area contributed by atoms with E-state index in [4.69, 9.17) is 56.2 Å². The Morgan fingerprint density at radius 3 is 2.52 bits per heavy atom. The molecule has 1 aromatic heterocycles. The van der Waals surface area contributed by atoms with Gasteiger partial charge in [0, 0.05) is 0 Å². The molecule has 0 saturated heterocycles. The molecule has 0 aliphatic heterocycles. The maximum atomic E-state index is 10.9. The molecule has 0 aliphatic rings. The summed E-state index contributed by atoms with van der Waals surface area (Å²) in [5.41, 5.74) is 0.366. The first-order valence-electron chi connectivity index (χ1n) is 5.59. The number of aromatic nitrogens is 2. The van der Waals surface area contributed by atoms with E-state index in [0.717, 1.165) is 0 Å². The van der Waals surface area contributed by atoms with Gasteiger partial charge in [0.1, 0.15) is 5.02 Å². The van der Waals surface area contributed by atoms with E-state index in [9.17, 15) is 4.79 Å². The lowest BCUT2D eigenvalue weighted by Gasteiger charge is -2.14. The van der Waals surface area contributed by atoms with Crippen molar-refractivity contribution in [3.8, 4) is 11.6 Å². The fourth-order valence-electron chi connectivity index (χ4n) is 1.49. The van der Waals surface area contributed by atoms with Gasteiger partial charge in [-0.1, -0.05) is 46.4 Å². The Kier molecular flexibility index (Phi) is 4.88. The van der Waals surface area contributed by atoms with Gasteiger partial charge in [-0.05, 0) is 19.1 Å². The van der Waals surface area contributed by atoms with Crippen molar-refractivity contribution in [1.82, 2.24) is 9.78 Å². The lowest BCUT2D eigenvalue weighted by Crippen LogP contribution is -2.24. The monoisotopic (exact) mass is 368 g/mol. The minimum atomic E-state index is -1.14. The number of rotatable bonds is 4. The third-order valence-corrected chi connectivity index (χ3v) is 4.11. The summed E-state index contributed by atoms with van der Waals surface area (Å²) >= 11 is 23.9. The van der Waals surface area contributed by atoms with Crippen molar-refractivity contribution in [3.05, 3.63) is 38.4 Å². The Morgan fingerprint density at radius 1 is 1.24 bits per heavy atom. The molecule has 2 rings (SSSR count). The van der Waals surface area contributed by atoms with E-state index >= 15 is 0 Å². The lowest BCUT2D eigenvalue weighted by atomic mass is 10.3. The number of carboxylic acid groups (broad SMARTS) is 1. The number of halogens is 4. The largest absolute Gasteiger partial charge is 0.479 e. The van der Waals surface area contributed by atoms with E-state index in [-0.39, 0.29) is 26.0 Å². The van der Waals surface area contributed by atoms with Crippen LogP contribution in [0.5, 0.6) is 5.88 Å². The van der Waals surface area contributed by atoms with Gasteiger partial charge in [0.15, 0.2) is 6.10 Å². The van der Waals surface area contributed by atoms with Crippen LogP contribution < -0.4 is 4.74 Å². The molecule has 1 heterocycles. The van der Waals surface area contributed by atoms with E-state index in [0.29, 0.717) is 5.69 Å². The summed E-state index contributed by atoms with van der Waals surface area (Å²) in [6, 6.07) is 3.10. The molecule has 0 bridgehead atoms. The van der Waals surface area contributed by atoms with Gasteiger partial charge in [-0.15, -0.1) is 0 Å². The van der Waals surface area contributed by atoms with Crippen molar-refractivity contribution in [2.24, 2.45) is 0 Å². The van der Waals surface area contributed by atoms with E-state index in [1.165, 1.54) is 23.9 Å². The van der Waals surface area contributed by atoms with E-state index < -0.39 is 12.1 Å². The van der Waals surface area contributed by atoms with Gasteiger partial charge < -0.3 is 9.84 Å². The number of carboxylic acids is 1. The molecule has 1 aromatic carbocycles. The quantitative estimate of drug-likeness (QED) is 0.814. The smallest absolute Gasteiger partial charge is 0.344 e. The van der Waals surface area contributed by atoms with Gasteiger partial charge in [-0.2, -0.15) is 9.78 Å². The van der Waals surface area contributed by atoms with Gasteiger partial charge in [-0.25, -0.2) is 4.79 Å². The fourth-order valence-corrected chi connectivity index (χ4v) is 2.27. The molecule has 1 N–H and O–H groups in total. The maximum Gasteiger partial charge on any atom is 0.344 e. The molecule has 0 aliphatic carbocycles. The summed E-state index contributed by atoms with van der Waals surface area (Å²) in [5.74, 6) is -1.09. The molecule has 5 nitrogen and oxygen atoms in total. The normalized spacial score (nSPS) is 12.2. The topological polar surface area (TPSA) is 64.4 Å². The van der Waals surface area contributed by atoms with E-state index in [2.05, 4.69) is 5.10 Å². The SMILES string of the molecule is CC(Oc1c(Cl)cnn1-c1ccc(Cl)c(Cl)c1Cl)C(=O)O. The molecule has 2 aromatic rings. The summed E-state index contributed by atoms with van der Waals surface area (Å²) in [4.78, 5) is 10.9. The highest BCUT2D eigenvalue weighted by molar-refractivity contribution is 6.48. The molecule has 112 valence electrons. The molecular weight excluding hydrogens is 362 g/mol. The number of nitrogens with zero attached hydrogens (tertiary/aromatic N) is 2. The summed E-state index contributed by atoms with van der Waals surface area (Å²) < 4.78 is 6.55. The first-order valence-corrected chi connectivity index (χ1v) is 7.11. The highest BCUT2D eigenvalue weighted by Crippen LogP contribution is 2.37. The first-order chi connectivity index (χ1) is 9.82. The molecule has 9 heteroatoms. The molecular formula is C12H8Cl4N2O3. The van der Waals surface area contributed by atoms with Gasteiger partial charge in [0.05, 0.1) is 27.0 Å². The zero-order valence-electron chi connectivity index (χ0n) is 10.5. The molecule has 0 fully saturated rings. The van der Waals surface area contributed by atoms with Crippen molar-refractivity contribution in [3.63, 3.8) is 0 Å². The zero-order valence-corrected chi connectivity index (χ0v) is 13.5. The summed E-state index contributed by atoms with van der Waals surface area (Å²) in [6.45, 7) is 1.37. The number of hydrogen-bond acceptors (Lipinski definition) is 3. The van der Waals surface area contributed by atoms with Crippen LogP contribution in [0.4, 0.5) is 0 Å². The van der Waals surface area contributed by atoms with Crippen LogP contribution in [0.1, 0.15) is 6.92 Å². The molecule has 0 saturated carbocycles. The van der Waals surface area contributed by atoms with Gasteiger partial charge in [-0.3, -0.25) is 0 Å². The van der Waals surface area contributed by atoms with Gasteiger partial charge in [0.25, 0.3) is 0 Å². The Morgan fingerprint density at radius 2 is 1.90 bits per heavy atom. The Hall–Kier alpha value is -1.14. The van der Waals surface area contributed by atoms with E-state index in [1.807, 2.05) is 0 Å². The maximum absolute atomic E-state index is 10.9. The molecule has 0 radical (unpaired) electrons. The lowest BCUT2D eigenvalue weighted by molar-refractivity contribution is -0.144. The fraction of sp³-hybridized carbons (Fsp3) is 0.167. The van der Waals surface area contributed by atoms with Crippen LogP contribution in [-0.2, 0) is 4.79 Å². The average molecular weight is 370 g/mol. The number of carbonyl (C=O) groups is 1. The van der Waals surface area contributed by atoms with Crippen molar-refractivity contribution in [2.75, 3.05) is 0 Å². The van der Waals surface area contributed by atoms with Crippen molar-refractivity contribution in [2.45, 2.75) is 13.0 Å². The molecule has 0 spiro atoms. The number of benzene rings is 1. The van der Waals surface area contributed by atoms with Crippen molar-refractivity contribution in [1.29, 1.82) is 0 Å². The summed E-state index contributed by atoms with van der Waals surface area (Å²) in [5, 5.41) is 13.6. The second-order valence-electron chi connectivity index (χ2n) is 4.00. The number of hydrogen-bond donors (Lipinski definition) is 1. The highest BCUT2D eigenvalue weighted by atomic mass is 35.5. The summed E-state index contributed by atoms with van der Waals surface area (Å²) in [7, 11) is 0. The second kappa shape index (κ2) is 6.32. The molecule has 1 unspecified atom stereocenters. The third-order valence-electron chi connectivity index (χ3n) is 2.56. The minimum Gasteiger partial charge on any atom is -0.479 e. The Bertz CT molecular complexity index is 702. The third kappa shape index (κ3) is 3.21. The van der Waals surface area contributed by atoms with E-state index in [1.54, 1.807) is 6.07 Å². The predicted octanol–water partition coefficient (Wildman–Crippen LogP) is 4.34. The average Bonchev–Trinajstić information content (AvgIpc) is 2.78. The van der Waals surface area contributed by atoms with Crippen LogP contribution in [-0.4, -0.2) is 27.0 Å². The molecule has 1 atom stereocenters. The van der Waals surface area contributed by atoms with Crippen LogP contribution in [0.2, 0.25) is 20.1 Å². The van der Waals surface area contributed by atoms with Crippen LogP contribution in [0.25, 0.3) is 5.69 Å². The van der Waals surface area contributed by atoms with Crippen LogP contribution in [0, 0.1) is 0 Å². The van der Waals surface area contributed by atoms with Crippen molar-refractivity contribution < 1.29 is 14.6 Å². The van der Waals surface area contributed by atoms with Crippen LogP contribution in [0.15, 0.2) is 18.3 Å². The van der Waals surface area contributed by atoms with Crippen LogP contribution in [0.3, 0.4) is 0 Å². The Labute approximate surface area is 139 Å².